The Morgan fingerprint density at radius 1 is 1.20 bits per heavy atom. The third kappa shape index (κ3) is 4.55. The van der Waals surface area contributed by atoms with Crippen LogP contribution in [0.1, 0.15) is 45.0 Å². The lowest BCUT2D eigenvalue weighted by Crippen LogP contribution is -2.43. The molecule has 0 unspecified atom stereocenters. The molecular formula is C25H23F3N6O. The number of imidazole rings is 1. The predicted octanol–water partition coefficient (Wildman–Crippen LogP) is 4.46. The number of hydrogen-bond acceptors (Lipinski definition) is 5. The quantitative estimate of drug-likeness (QED) is 0.449. The number of nitrogens with one attached hydrogen (secondary N) is 1. The van der Waals surface area contributed by atoms with E-state index in [9.17, 15) is 18.0 Å². The number of fused-ring (bicyclic) bond motifs is 2. The molecule has 10 heteroatoms. The second kappa shape index (κ2) is 8.68. The van der Waals surface area contributed by atoms with Crippen molar-refractivity contribution in [3.8, 4) is 0 Å². The fraction of sp³-hybridized carbons (Fsp3) is 0.280. The second-order valence-electron chi connectivity index (χ2n) is 8.79. The van der Waals surface area contributed by atoms with Gasteiger partial charge in [0.15, 0.2) is 0 Å². The average Bonchev–Trinajstić information content (AvgIpc) is 3.30. The molecule has 0 radical (unpaired) electrons. The molecule has 1 aliphatic rings. The van der Waals surface area contributed by atoms with E-state index in [4.69, 9.17) is 5.73 Å². The monoisotopic (exact) mass is 480 g/mol. The van der Waals surface area contributed by atoms with Gasteiger partial charge >= 0.3 is 6.18 Å². The molecule has 1 aliphatic carbocycles. The van der Waals surface area contributed by atoms with E-state index in [-0.39, 0.29) is 18.5 Å². The van der Waals surface area contributed by atoms with Gasteiger partial charge in [0, 0.05) is 35.3 Å². The molecule has 0 saturated heterocycles. The van der Waals surface area contributed by atoms with Crippen molar-refractivity contribution in [3.63, 3.8) is 0 Å². The van der Waals surface area contributed by atoms with Crippen LogP contribution in [0.4, 0.5) is 19.0 Å². The first-order valence-corrected chi connectivity index (χ1v) is 11.2. The molecule has 0 aliphatic heterocycles. The first-order valence-electron chi connectivity index (χ1n) is 11.2. The number of alkyl halides is 3. The van der Waals surface area contributed by atoms with Crippen LogP contribution in [0.2, 0.25) is 0 Å². The van der Waals surface area contributed by atoms with E-state index in [1.807, 2.05) is 13.0 Å². The molecule has 5 rings (SSSR count). The SMILES string of the molecule is Cc1cc2cc(C(=O)N(Cc3ccc(C(F)(F)F)cn3)[C@H]3CCc4[nH]cnc4C3)ccc2nc1N. The standard InChI is InChI=1S/C25H23F3N6O/c1-14-8-16-9-15(2-6-20(16)33-23(14)29)24(35)34(19-5-7-21-22(10-19)32-13-31-21)12-18-4-3-17(11-30-18)25(26,27)28/h2-4,6,8-9,11,13,19H,5,7,10,12H2,1H3,(H2,29,33)(H,31,32)/t19-/m0/s1. The molecule has 4 aromatic rings. The molecule has 35 heavy (non-hydrogen) atoms. The van der Waals surface area contributed by atoms with Gasteiger partial charge in [0.25, 0.3) is 5.91 Å². The fourth-order valence-corrected chi connectivity index (χ4v) is 4.47. The Hall–Kier alpha value is -3.95. The number of nitrogens with zero attached hydrogens (tertiary/aromatic N) is 4. The third-order valence-electron chi connectivity index (χ3n) is 6.44. The van der Waals surface area contributed by atoms with Crippen LogP contribution in [-0.4, -0.2) is 36.8 Å². The highest BCUT2D eigenvalue weighted by Crippen LogP contribution is 2.30. The predicted molar refractivity (Wildman–Crippen MR) is 124 cm³/mol. The Labute approximate surface area is 199 Å². The van der Waals surface area contributed by atoms with Gasteiger partial charge in [-0.1, -0.05) is 0 Å². The summed E-state index contributed by atoms with van der Waals surface area (Å²) in [5.74, 6) is 0.204. The van der Waals surface area contributed by atoms with Crippen molar-refractivity contribution >= 4 is 22.6 Å². The molecule has 180 valence electrons. The number of nitrogen functional groups attached to an aromatic ring is 1. The first-order chi connectivity index (χ1) is 16.7. The molecular weight excluding hydrogens is 457 g/mol. The summed E-state index contributed by atoms with van der Waals surface area (Å²) >= 11 is 0. The zero-order chi connectivity index (χ0) is 24.7. The largest absolute Gasteiger partial charge is 0.417 e. The molecule has 0 bridgehead atoms. The first kappa shape index (κ1) is 22.8. The number of hydrogen-bond donors (Lipinski definition) is 2. The molecule has 0 fully saturated rings. The number of rotatable bonds is 4. The van der Waals surface area contributed by atoms with E-state index >= 15 is 0 Å². The highest BCUT2D eigenvalue weighted by molar-refractivity contribution is 5.98. The Bertz CT molecular complexity index is 1400. The van der Waals surface area contributed by atoms with Crippen LogP contribution >= 0.6 is 0 Å². The van der Waals surface area contributed by atoms with Crippen LogP contribution in [0.15, 0.2) is 48.9 Å². The van der Waals surface area contributed by atoms with Gasteiger partial charge in [-0.05, 0) is 61.7 Å². The summed E-state index contributed by atoms with van der Waals surface area (Å²) in [5, 5.41) is 0.786. The summed E-state index contributed by atoms with van der Waals surface area (Å²) in [5.41, 5.74) is 9.36. The van der Waals surface area contributed by atoms with Crippen molar-refractivity contribution in [2.75, 3.05) is 5.73 Å². The number of benzene rings is 1. The lowest BCUT2D eigenvalue weighted by molar-refractivity contribution is -0.137. The molecule has 0 spiro atoms. The van der Waals surface area contributed by atoms with Gasteiger partial charge in [0.1, 0.15) is 5.82 Å². The minimum atomic E-state index is -4.47. The smallest absolute Gasteiger partial charge is 0.383 e. The van der Waals surface area contributed by atoms with E-state index in [0.717, 1.165) is 41.0 Å². The van der Waals surface area contributed by atoms with Crippen molar-refractivity contribution in [2.24, 2.45) is 0 Å². The maximum atomic E-state index is 13.8. The van der Waals surface area contributed by atoms with Crippen molar-refractivity contribution in [2.45, 2.75) is 44.9 Å². The number of amides is 1. The molecule has 1 amide bonds. The van der Waals surface area contributed by atoms with E-state index < -0.39 is 11.7 Å². The van der Waals surface area contributed by atoms with Crippen LogP contribution in [0.3, 0.4) is 0 Å². The Balaban J connectivity index is 1.48. The number of H-pyrrole nitrogens is 1. The number of carbonyl (C=O) groups excluding carboxylic acids is 1. The van der Waals surface area contributed by atoms with Gasteiger partial charge in [-0.2, -0.15) is 13.2 Å². The van der Waals surface area contributed by atoms with Crippen LogP contribution in [0, 0.1) is 6.92 Å². The molecule has 1 aromatic carbocycles. The van der Waals surface area contributed by atoms with Crippen molar-refractivity contribution in [1.29, 1.82) is 0 Å². The Morgan fingerprint density at radius 2 is 2.03 bits per heavy atom. The maximum Gasteiger partial charge on any atom is 0.417 e. The number of aromatic nitrogens is 4. The summed E-state index contributed by atoms with van der Waals surface area (Å²) in [4.78, 5) is 31.3. The molecule has 3 N–H and O–H groups in total. The summed E-state index contributed by atoms with van der Waals surface area (Å²) < 4.78 is 39.0. The van der Waals surface area contributed by atoms with Gasteiger partial charge < -0.3 is 15.6 Å². The number of pyridine rings is 2. The summed E-state index contributed by atoms with van der Waals surface area (Å²) in [6.45, 7) is 1.93. The van der Waals surface area contributed by atoms with Gasteiger partial charge in [0.05, 0.1) is 35.3 Å². The Kier molecular flexibility index (Phi) is 5.66. The summed E-state index contributed by atoms with van der Waals surface area (Å²) in [6, 6.07) is 9.24. The minimum absolute atomic E-state index is 0.0818. The van der Waals surface area contributed by atoms with Crippen molar-refractivity contribution < 1.29 is 18.0 Å². The van der Waals surface area contributed by atoms with Crippen LogP contribution in [-0.2, 0) is 25.6 Å². The van der Waals surface area contributed by atoms with E-state index in [2.05, 4.69) is 19.9 Å². The van der Waals surface area contributed by atoms with Gasteiger partial charge in [-0.25, -0.2) is 9.97 Å². The molecule has 0 saturated carbocycles. The van der Waals surface area contributed by atoms with E-state index in [0.29, 0.717) is 35.4 Å². The number of nitrogens with two attached hydrogens (primary N) is 1. The van der Waals surface area contributed by atoms with Gasteiger partial charge in [-0.3, -0.25) is 9.78 Å². The summed E-state index contributed by atoms with van der Waals surface area (Å²) in [7, 11) is 0. The molecule has 1 atom stereocenters. The highest BCUT2D eigenvalue weighted by atomic mass is 19.4. The molecule has 3 heterocycles. The van der Waals surface area contributed by atoms with E-state index in [1.165, 1.54) is 6.07 Å². The maximum absolute atomic E-state index is 13.8. The van der Waals surface area contributed by atoms with Crippen LogP contribution in [0.5, 0.6) is 0 Å². The van der Waals surface area contributed by atoms with E-state index in [1.54, 1.807) is 29.4 Å². The topological polar surface area (TPSA) is 101 Å². The normalized spacial score (nSPS) is 15.7. The number of aryl methyl sites for hydroxylation is 2. The zero-order valence-corrected chi connectivity index (χ0v) is 18.9. The molecule has 3 aromatic heterocycles. The number of aromatic amines is 1. The zero-order valence-electron chi connectivity index (χ0n) is 18.9. The van der Waals surface area contributed by atoms with Crippen LogP contribution < -0.4 is 5.73 Å². The lowest BCUT2D eigenvalue weighted by Gasteiger charge is -2.34. The van der Waals surface area contributed by atoms with Gasteiger partial charge in [-0.15, -0.1) is 0 Å². The summed E-state index contributed by atoms with van der Waals surface area (Å²) in [6.07, 6.45) is -0.0470. The van der Waals surface area contributed by atoms with Crippen molar-refractivity contribution in [1.82, 2.24) is 24.8 Å². The minimum Gasteiger partial charge on any atom is -0.383 e. The van der Waals surface area contributed by atoms with Crippen molar-refractivity contribution in [3.05, 3.63) is 82.7 Å². The third-order valence-corrected chi connectivity index (χ3v) is 6.44. The number of carbonyl (C=O) groups is 1. The second-order valence-corrected chi connectivity index (χ2v) is 8.79. The number of anilines is 1. The fourth-order valence-electron chi connectivity index (χ4n) is 4.47. The number of halogens is 3. The Morgan fingerprint density at radius 3 is 2.77 bits per heavy atom. The average molecular weight is 480 g/mol. The van der Waals surface area contributed by atoms with Crippen LogP contribution in [0.25, 0.3) is 10.9 Å². The lowest BCUT2D eigenvalue weighted by atomic mass is 9.93. The molecule has 7 nitrogen and oxygen atoms in total. The van der Waals surface area contributed by atoms with Gasteiger partial charge in [0.2, 0.25) is 0 Å². The highest BCUT2D eigenvalue weighted by Gasteiger charge is 2.32.